The van der Waals surface area contributed by atoms with Gasteiger partial charge in [-0.15, -0.1) is 0 Å². The van der Waals surface area contributed by atoms with Gasteiger partial charge in [0.05, 0.1) is 19.1 Å². The summed E-state index contributed by atoms with van der Waals surface area (Å²) in [4.78, 5) is 0. The number of rotatable bonds is 3. The van der Waals surface area contributed by atoms with E-state index in [2.05, 4.69) is 20.7 Å². The van der Waals surface area contributed by atoms with Crippen LogP contribution in [0.5, 0.6) is 5.75 Å². The molecule has 1 rings (SSSR count). The highest BCUT2D eigenvalue weighted by atomic mass is 79.9. The molecule has 1 aromatic carbocycles. The topological polar surface area (TPSA) is 55.4 Å². The molecule has 0 aromatic heterocycles. The molecule has 4 nitrogen and oxygen atoms in total. The lowest BCUT2D eigenvalue weighted by atomic mass is 10.3. The molecule has 0 unspecified atom stereocenters. The minimum atomic E-state index is -3.46. The second-order valence-electron chi connectivity index (χ2n) is 2.84. The quantitative estimate of drug-likeness (QED) is 0.928. The molecule has 0 bridgehead atoms. The maximum absolute atomic E-state index is 13.3. The Balaban J connectivity index is 3.27. The van der Waals surface area contributed by atoms with Gasteiger partial charge in [-0.3, -0.25) is 4.72 Å². The van der Waals surface area contributed by atoms with Crippen LogP contribution in [0.15, 0.2) is 16.6 Å². The molecular formula is C8H9BrFNO3S. The highest BCUT2D eigenvalue weighted by Crippen LogP contribution is 2.31. The average Bonchev–Trinajstić information content (AvgIpc) is 1.99. The largest absolute Gasteiger partial charge is 0.492 e. The van der Waals surface area contributed by atoms with E-state index in [0.717, 1.165) is 6.26 Å². The van der Waals surface area contributed by atoms with Crippen molar-refractivity contribution in [3.63, 3.8) is 0 Å². The van der Waals surface area contributed by atoms with Crippen molar-refractivity contribution in [2.75, 3.05) is 18.1 Å². The van der Waals surface area contributed by atoms with Crippen molar-refractivity contribution in [1.29, 1.82) is 0 Å². The monoisotopic (exact) mass is 297 g/mol. The summed E-state index contributed by atoms with van der Waals surface area (Å²) in [6.45, 7) is 0. The van der Waals surface area contributed by atoms with Gasteiger partial charge in [-0.25, -0.2) is 12.8 Å². The molecule has 0 saturated carbocycles. The highest BCUT2D eigenvalue weighted by molar-refractivity contribution is 9.10. The third-order valence-electron chi connectivity index (χ3n) is 1.51. The molecule has 1 aromatic rings. The van der Waals surface area contributed by atoms with E-state index in [1.165, 1.54) is 19.2 Å². The molecule has 0 saturated heterocycles. The lowest BCUT2D eigenvalue weighted by Gasteiger charge is -2.10. The van der Waals surface area contributed by atoms with Gasteiger partial charge < -0.3 is 4.74 Å². The van der Waals surface area contributed by atoms with Gasteiger partial charge in [0.15, 0.2) is 11.6 Å². The van der Waals surface area contributed by atoms with Gasteiger partial charge in [-0.2, -0.15) is 0 Å². The molecule has 84 valence electrons. The van der Waals surface area contributed by atoms with Gasteiger partial charge in [0.1, 0.15) is 0 Å². The first-order chi connectivity index (χ1) is 6.83. The van der Waals surface area contributed by atoms with Crippen LogP contribution in [0.3, 0.4) is 0 Å². The minimum absolute atomic E-state index is 0.0619. The maximum Gasteiger partial charge on any atom is 0.229 e. The summed E-state index contributed by atoms with van der Waals surface area (Å²) < 4.78 is 42.6. The summed E-state index contributed by atoms with van der Waals surface area (Å²) in [6, 6.07) is 2.61. The zero-order valence-corrected chi connectivity index (χ0v) is 10.4. The van der Waals surface area contributed by atoms with Crippen molar-refractivity contribution in [2.45, 2.75) is 0 Å². The second kappa shape index (κ2) is 4.36. The fraction of sp³-hybridized carbons (Fsp3) is 0.250. The normalized spacial score (nSPS) is 11.2. The fourth-order valence-electron chi connectivity index (χ4n) is 1.04. The highest BCUT2D eigenvalue weighted by Gasteiger charge is 2.13. The number of hydrogen-bond donors (Lipinski definition) is 1. The molecule has 0 aliphatic heterocycles. The van der Waals surface area contributed by atoms with Crippen LogP contribution in [-0.2, 0) is 10.0 Å². The van der Waals surface area contributed by atoms with E-state index in [0.29, 0.717) is 4.47 Å². The zero-order chi connectivity index (χ0) is 11.6. The van der Waals surface area contributed by atoms with Gasteiger partial charge in [0.25, 0.3) is 0 Å². The summed E-state index contributed by atoms with van der Waals surface area (Å²) in [5, 5.41) is 0. The van der Waals surface area contributed by atoms with Crippen LogP contribution >= 0.6 is 15.9 Å². The Bertz CT molecular complexity index is 475. The van der Waals surface area contributed by atoms with Crippen LogP contribution in [0, 0.1) is 5.82 Å². The van der Waals surface area contributed by atoms with Crippen LogP contribution in [0.25, 0.3) is 0 Å². The first kappa shape index (κ1) is 12.3. The van der Waals surface area contributed by atoms with E-state index in [4.69, 9.17) is 4.74 Å². The Hall–Kier alpha value is -0.820. The number of ether oxygens (including phenoxy) is 1. The molecule has 7 heteroatoms. The van der Waals surface area contributed by atoms with Crippen LogP contribution in [0.2, 0.25) is 0 Å². The van der Waals surface area contributed by atoms with Crippen molar-refractivity contribution in [3.05, 3.63) is 22.4 Å². The van der Waals surface area contributed by atoms with Crippen LogP contribution in [0.1, 0.15) is 0 Å². The molecule has 0 aliphatic rings. The molecule has 1 N–H and O–H groups in total. The third kappa shape index (κ3) is 3.35. The maximum atomic E-state index is 13.3. The first-order valence-electron chi connectivity index (χ1n) is 3.84. The van der Waals surface area contributed by atoms with Crippen LogP contribution < -0.4 is 9.46 Å². The van der Waals surface area contributed by atoms with E-state index < -0.39 is 15.8 Å². The van der Waals surface area contributed by atoms with Gasteiger partial charge >= 0.3 is 0 Å². The molecule has 15 heavy (non-hydrogen) atoms. The molecule has 0 spiro atoms. The van der Waals surface area contributed by atoms with Gasteiger partial charge in [0.2, 0.25) is 10.0 Å². The minimum Gasteiger partial charge on any atom is -0.492 e. The lowest BCUT2D eigenvalue weighted by molar-refractivity contribution is 0.388. The zero-order valence-electron chi connectivity index (χ0n) is 8.04. The van der Waals surface area contributed by atoms with E-state index in [9.17, 15) is 12.8 Å². The number of methoxy groups -OCH3 is 1. The Morgan fingerprint density at radius 2 is 2.07 bits per heavy atom. The lowest BCUT2D eigenvalue weighted by Crippen LogP contribution is -2.11. The van der Waals surface area contributed by atoms with E-state index >= 15 is 0 Å². The van der Waals surface area contributed by atoms with Gasteiger partial charge in [-0.1, -0.05) is 15.9 Å². The summed E-state index contributed by atoms with van der Waals surface area (Å²) >= 11 is 3.05. The molecule has 0 aliphatic carbocycles. The van der Waals surface area contributed by atoms with Crippen LogP contribution in [-0.4, -0.2) is 21.8 Å². The van der Waals surface area contributed by atoms with E-state index in [1.807, 2.05) is 0 Å². The molecular weight excluding hydrogens is 289 g/mol. The van der Waals surface area contributed by atoms with Crippen LogP contribution in [0.4, 0.5) is 10.1 Å². The first-order valence-corrected chi connectivity index (χ1v) is 6.53. The summed E-state index contributed by atoms with van der Waals surface area (Å²) in [5.74, 6) is -0.776. The molecule has 0 heterocycles. The molecule has 0 fully saturated rings. The Kier molecular flexibility index (Phi) is 3.56. The standard InChI is InChI=1S/C8H9BrFNO3S/c1-14-8-6(10)3-5(9)4-7(8)11-15(2,12)13/h3-4,11H,1-2H3. The summed E-state index contributed by atoms with van der Waals surface area (Å²) in [7, 11) is -2.20. The van der Waals surface area contributed by atoms with Crippen molar-refractivity contribution < 1.29 is 17.5 Å². The van der Waals surface area contributed by atoms with E-state index in [-0.39, 0.29) is 11.4 Å². The predicted octanol–water partition coefficient (Wildman–Crippen LogP) is 1.97. The van der Waals surface area contributed by atoms with Gasteiger partial charge in [0, 0.05) is 4.47 Å². The Morgan fingerprint density at radius 1 is 1.47 bits per heavy atom. The second-order valence-corrected chi connectivity index (χ2v) is 5.51. The van der Waals surface area contributed by atoms with E-state index in [1.54, 1.807) is 0 Å². The smallest absolute Gasteiger partial charge is 0.229 e. The van der Waals surface area contributed by atoms with Crippen molar-refractivity contribution >= 4 is 31.6 Å². The SMILES string of the molecule is COc1c(F)cc(Br)cc1NS(C)(=O)=O. The van der Waals surface area contributed by atoms with Gasteiger partial charge in [-0.05, 0) is 12.1 Å². The number of hydrogen-bond acceptors (Lipinski definition) is 3. The number of anilines is 1. The van der Waals surface area contributed by atoms with Crippen molar-refractivity contribution in [1.82, 2.24) is 0 Å². The fourth-order valence-corrected chi connectivity index (χ4v) is 2.02. The third-order valence-corrected chi connectivity index (χ3v) is 2.56. The van der Waals surface area contributed by atoms with Crippen molar-refractivity contribution in [3.8, 4) is 5.75 Å². The summed E-state index contributed by atoms with van der Waals surface area (Å²) in [5.41, 5.74) is 0.0619. The number of nitrogens with one attached hydrogen (secondary N) is 1. The number of halogens is 2. The molecule has 0 atom stereocenters. The average molecular weight is 298 g/mol. The Morgan fingerprint density at radius 3 is 2.53 bits per heavy atom. The number of sulfonamides is 1. The predicted molar refractivity (Wildman–Crippen MR) is 59.1 cm³/mol. The number of benzene rings is 1. The molecule has 0 amide bonds. The van der Waals surface area contributed by atoms with Crippen molar-refractivity contribution in [2.24, 2.45) is 0 Å². The summed E-state index contributed by atoms with van der Waals surface area (Å²) in [6.07, 6.45) is 0.977. The molecule has 0 radical (unpaired) electrons. The Labute approximate surface area is 95.6 Å².